The molecule has 0 radical (unpaired) electrons. The van der Waals surface area contributed by atoms with Crippen LogP contribution in [0.1, 0.15) is 19.5 Å². The highest BCUT2D eigenvalue weighted by Crippen LogP contribution is 2.23. The van der Waals surface area contributed by atoms with E-state index in [-0.39, 0.29) is 0 Å². The number of nitrogens with two attached hydrogens (primary N) is 1. The highest BCUT2D eigenvalue weighted by Gasteiger charge is 2.06. The molecule has 0 atom stereocenters. The largest absolute Gasteiger partial charge is 0.493 e. The quantitative estimate of drug-likeness (QED) is 0.898. The molecule has 4 heteroatoms. The van der Waals surface area contributed by atoms with Crippen LogP contribution in [0.5, 0.6) is 5.75 Å². The third-order valence-electron chi connectivity index (χ3n) is 2.87. The second-order valence-corrected chi connectivity index (χ2v) is 5.08. The fourth-order valence-electron chi connectivity index (χ4n) is 1.88. The Hall–Kier alpha value is -1.81. The number of benzene rings is 1. The molecule has 0 aliphatic rings. The lowest BCUT2D eigenvalue weighted by molar-refractivity contribution is 0.271. The lowest BCUT2D eigenvalue weighted by Crippen LogP contribution is -2.04. The first kappa shape index (κ1) is 13.6. The van der Waals surface area contributed by atoms with E-state index in [4.69, 9.17) is 10.5 Å². The zero-order valence-corrected chi connectivity index (χ0v) is 11.8. The Kier molecular flexibility index (Phi) is 4.22. The summed E-state index contributed by atoms with van der Waals surface area (Å²) in [5, 5.41) is 4.35. The molecule has 1 aromatic heterocycles. The van der Waals surface area contributed by atoms with Gasteiger partial charge in [-0.25, -0.2) is 0 Å². The molecule has 0 fully saturated rings. The van der Waals surface area contributed by atoms with Crippen LogP contribution in [0.3, 0.4) is 0 Å². The summed E-state index contributed by atoms with van der Waals surface area (Å²) in [7, 11) is 1.93. The first-order chi connectivity index (χ1) is 9.10. The molecule has 19 heavy (non-hydrogen) atoms. The van der Waals surface area contributed by atoms with Crippen LogP contribution >= 0.6 is 0 Å². The zero-order chi connectivity index (χ0) is 13.8. The molecular weight excluding hydrogens is 238 g/mol. The molecule has 0 unspecified atom stereocenters. The molecule has 2 rings (SSSR count). The van der Waals surface area contributed by atoms with Gasteiger partial charge in [-0.15, -0.1) is 0 Å². The van der Waals surface area contributed by atoms with Gasteiger partial charge in [-0.3, -0.25) is 4.68 Å². The third-order valence-corrected chi connectivity index (χ3v) is 2.87. The van der Waals surface area contributed by atoms with E-state index in [2.05, 4.69) is 18.9 Å². The maximum absolute atomic E-state index is 5.67. The minimum absolute atomic E-state index is 0.462. The van der Waals surface area contributed by atoms with Crippen molar-refractivity contribution in [1.29, 1.82) is 0 Å². The summed E-state index contributed by atoms with van der Waals surface area (Å²) < 4.78 is 7.53. The van der Waals surface area contributed by atoms with Gasteiger partial charge in [0.1, 0.15) is 5.75 Å². The molecule has 1 aromatic carbocycles. The van der Waals surface area contributed by atoms with E-state index >= 15 is 0 Å². The lowest BCUT2D eigenvalue weighted by atomic mass is 10.1. The number of hydrogen-bond donors (Lipinski definition) is 1. The maximum Gasteiger partial charge on any atom is 0.119 e. The summed E-state index contributed by atoms with van der Waals surface area (Å²) in [4.78, 5) is 0. The Morgan fingerprint density at radius 3 is 2.47 bits per heavy atom. The highest BCUT2D eigenvalue weighted by molar-refractivity contribution is 5.61. The van der Waals surface area contributed by atoms with Crippen molar-refractivity contribution in [2.75, 3.05) is 6.61 Å². The fourth-order valence-corrected chi connectivity index (χ4v) is 1.88. The average molecular weight is 259 g/mol. The van der Waals surface area contributed by atoms with Gasteiger partial charge in [0.15, 0.2) is 0 Å². The van der Waals surface area contributed by atoms with Crippen LogP contribution in [0.2, 0.25) is 0 Å². The molecule has 0 aliphatic heterocycles. The van der Waals surface area contributed by atoms with E-state index in [0.717, 1.165) is 29.3 Å². The van der Waals surface area contributed by atoms with Crippen LogP contribution < -0.4 is 10.5 Å². The van der Waals surface area contributed by atoms with Crippen molar-refractivity contribution in [3.63, 3.8) is 0 Å². The molecule has 0 spiro atoms. The molecule has 1 heterocycles. The summed E-state index contributed by atoms with van der Waals surface area (Å²) in [6.45, 7) is 5.47. The second-order valence-electron chi connectivity index (χ2n) is 5.08. The minimum Gasteiger partial charge on any atom is -0.493 e. The van der Waals surface area contributed by atoms with Crippen LogP contribution in [0.4, 0.5) is 0 Å². The molecule has 0 bridgehead atoms. The van der Waals surface area contributed by atoms with Gasteiger partial charge in [-0.1, -0.05) is 13.8 Å². The van der Waals surface area contributed by atoms with Crippen molar-refractivity contribution in [3.8, 4) is 17.0 Å². The summed E-state index contributed by atoms with van der Waals surface area (Å²) in [6.07, 6.45) is 0. The van der Waals surface area contributed by atoms with Crippen molar-refractivity contribution >= 4 is 0 Å². The predicted octanol–water partition coefficient (Wildman–Crippen LogP) is 2.58. The molecule has 0 amide bonds. The van der Waals surface area contributed by atoms with Gasteiger partial charge in [-0.05, 0) is 36.2 Å². The molecule has 102 valence electrons. The van der Waals surface area contributed by atoms with E-state index < -0.39 is 0 Å². The summed E-state index contributed by atoms with van der Waals surface area (Å²) >= 11 is 0. The van der Waals surface area contributed by atoms with Crippen molar-refractivity contribution in [1.82, 2.24) is 9.78 Å². The first-order valence-electron chi connectivity index (χ1n) is 6.56. The molecule has 2 aromatic rings. The first-order valence-corrected chi connectivity index (χ1v) is 6.56. The lowest BCUT2D eigenvalue weighted by Gasteiger charge is -2.09. The standard InChI is InChI=1S/C15H21N3O/c1-11(2)10-19-14-6-4-12(5-7-14)15-8-13(9-16)17-18(15)3/h4-8,11H,9-10,16H2,1-3H3. The van der Waals surface area contributed by atoms with E-state index in [0.29, 0.717) is 12.5 Å². The van der Waals surface area contributed by atoms with Crippen LogP contribution in [0, 0.1) is 5.92 Å². The molecule has 0 saturated heterocycles. The van der Waals surface area contributed by atoms with Crippen molar-refractivity contribution in [2.24, 2.45) is 18.7 Å². The number of nitrogens with zero attached hydrogens (tertiary/aromatic N) is 2. The highest BCUT2D eigenvalue weighted by atomic mass is 16.5. The Labute approximate surface area is 114 Å². The minimum atomic E-state index is 0.462. The van der Waals surface area contributed by atoms with Crippen molar-refractivity contribution in [3.05, 3.63) is 36.0 Å². The second kappa shape index (κ2) is 5.89. The topological polar surface area (TPSA) is 53.1 Å². The van der Waals surface area contributed by atoms with Gasteiger partial charge in [0.2, 0.25) is 0 Å². The number of ether oxygens (including phenoxy) is 1. The van der Waals surface area contributed by atoms with E-state index in [1.165, 1.54) is 0 Å². The number of rotatable bonds is 5. The predicted molar refractivity (Wildman–Crippen MR) is 76.9 cm³/mol. The van der Waals surface area contributed by atoms with Gasteiger partial charge < -0.3 is 10.5 Å². The van der Waals surface area contributed by atoms with E-state index in [1.807, 2.05) is 42.1 Å². The van der Waals surface area contributed by atoms with Crippen LogP contribution in [0.15, 0.2) is 30.3 Å². The maximum atomic E-state index is 5.67. The fraction of sp³-hybridized carbons (Fsp3) is 0.400. The van der Waals surface area contributed by atoms with Gasteiger partial charge in [0.05, 0.1) is 18.0 Å². The van der Waals surface area contributed by atoms with Gasteiger partial charge in [-0.2, -0.15) is 5.10 Å². The normalized spacial score (nSPS) is 11.0. The molecule has 0 saturated carbocycles. The van der Waals surface area contributed by atoms with Gasteiger partial charge in [0, 0.05) is 19.2 Å². The van der Waals surface area contributed by atoms with E-state index in [9.17, 15) is 0 Å². The summed E-state index contributed by atoms with van der Waals surface area (Å²) in [6, 6.07) is 10.1. The van der Waals surface area contributed by atoms with Crippen LogP contribution in [-0.2, 0) is 13.6 Å². The van der Waals surface area contributed by atoms with Crippen LogP contribution in [0.25, 0.3) is 11.3 Å². The summed E-state index contributed by atoms with van der Waals surface area (Å²) in [5.41, 5.74) is 8.69. The van der Waals surface area contributed by atoms with Crippen molar-refractivity contribution < 1.29 is 4.74 Å². The Balaban J connectivity index is 2.15. The van der Waals surface area contributed by atoms with Gasteiger partial charge in [0.25, 0.3) is 0 Å². The molecule has 4 nitrogen and oxygen atoms in total. The Morgan fingerprint density at radius 2 is 1.95 bits per heavy atom. The third kappa shape index (κ3) is 3.35. The molecule has 0 aliphatic carbocycles. The zero-order valence-electron chi connectivity index (χ0n) is 11.8. The Bertz CT molecular complexity index is 529. The molecular formula is C15H21N3O. The number of aromatic nitrogens is 2. The monoisotopic (exact) mass is 259 g/mol. The van der Waals surface area contributed by atoms with Crippen LogP contribution in [-0.4, -0.2) is 16.4 Å². The van der Waals surface area contributed by atoms with Crippen molar-refractivity contribution in [2.45, 2.75) is 20.4 Å². The van der Waals surface area contributed by atoms with Gasteiger partial charge >= 0.3 is 0 Å². The average Bonchev–Trinajstić information content (AvgIpc) is 2.78. The number of hydrogen-bond acceptors (Lipinski definition) is 3. The molecule has 2 N–H and O–H groups in total. The smallest absolute Gasteiger partial charge is 0.119 e. The Morgan fingerprint density at radius 1 is 1.26 bits per heavy atom. The van der Waals surface area contributed by atoms with E-state index in [1.54, 1.807) is 0 Å². The SMILES string of the molecule is CC(C)COc1ccc(-c2cc(CN)nn2C)cc1. The number of aryl methyl sites for hydroxylation is 1. The summed E-state index contributed by atoms with van der Waals surface area (Å²) in [5.74, 6) is 1.43.